The fraction of sp³-hybridized carbons (Fsp3) is 0.438. The topological polar surface area (TPSA) is 70.0 Å². The van der Waals surface area contributed by atoms with Gasteiger partial charge in [-0.25, -0.2) is 5.21 Å². The Balaban J connectivity index is 2.20. The Kier molecular flexibility index (Phi) is 4.56. The minimum Gasteiger partial charge on any atom is -0.328 e. The minimum atomic E-state index is -0.163. The number of hydrogen-bond acceptors (Lipinski definition) is 3. The second-order valence-electron chi connectivity index (χ2n) is 5.52. The van der Waals surface area contributed by atoms with Crippen molar-refractivity contribution in [1.29, 1.82) is 5.26 Å². The molecule has 1 aromatic rings. The Hall–Kier alpha value is -1.67. The highest BCUT2D eigenvalue weighted by atomic mass is 16.5. The molecule has 2 atom stereocenters. The van der Waals surface area contributed by atoms with Crippen LogP contribution in [0, 0.1) is 11.3 Å². The predicted octanol–water partition coefficient (Wildman–Crippen LogP) is 3.17. The molecule has 4 heteroatoms. The van der Waals surface area contributed by atoms with Gasteiger partial charge in [-0.05, 0) is 25.8 Å². The molecule has 0 amide bonds. The lowest BCUT2D eigenvalue weighted by Gasteiger charge is -2.22. The smallest absolute Gasteiger partial charge is 0.177 e. The Labute approximate surface area is 120 Å². The van der Waals surface area contributed by atoms with Crippen LogP contribution < -0.4 is 10.4 Å². The molecule has 0 saturated carbocycles. The molecular weight excluding hydrogens is 250 g/mol. The maximum Gasteiger partial charge on any atom is 0.177 e. The first-order valence-electron chi connectivity index (χ1n) is 7.11. The average Bonchev–Trinajstić information content (AvgIpc) is 2.69. The maximum atomic E-state index is 10.9. The van der Waals surface area contributed by atoms with Crippen molar-refractivity contribution in [2.45, 2.75) is 38.6 Å². The number of hydroxylamine groups is 2. The van der Waals surface area contributed by atoms with Gasteiger partial charge in [-0.3, -0.25) is 0 Å². The van der Waals surface area contributed by atoms with Gasteiger partial charge in [0.15, 0.2) is 5.69 Å². The molecule has 0 aliphatic carbocycles. The van der Waals surface area contributed by atoms with Crippen LogP contribution in [-0.2, 0) is 0 Å². The molecule has 1 aromatic carbocycles. The van der Waals surface area contributed by atoms with Crippen LogP contribution in [0.25, 0.3) is 5.57 Å². The first kappa shape index (κ1) is 14.7. The molecule has 1 unspecified atom stereocenters. The highest BCUT2D eigenvalue weighted by Crippen LogP contribution is 2.40. The summed E-state index contributed by atoms with van der Waals surface area (Å²) in [5.74, 6) is 0. The fourth-order valence-electron chi connectivity index (χ4n) is 2.73. The molecule has 1 heterocycles. The first-order chi connectivity index (χ1) is 9.57. The highest BCUT2D eigenvalue weighted by molar-refractivity contribution is 5.81. The summed E-state index contributed by atoms with van der Waals surface area (Å²) < 4.78 is -0.163. The van der Waals surface area contributed by atoms with Crippen molar-refractivity contribution < 1.29 is 5.21 Å². The van der Waals surface area contributed by atoms with E-state index in [1.165, 1.54) is 0 Å². The third kappa shape index (κ3) is 3.07. The van der Waals surface area contributed by atoms with E-state index in [1.807, 2.05) is 37.4 Å². The van der Waals surface area contributed by atoms with Crippen LogP contribution in [0.2, 0.25) is 0 Å². The normalized spacial score (nSPS) is 22.0. The zero-order valence-corrected chi connectivity index (χ0v) is 11.9. The number of para-hydroxylation sites is 1. The van der Waals surface area contributed by atoms with E-state index in [1.54, 1.807) is 0 Å². The van der Waals surface area contributed by atoms with Gasteiger partial charge >= 0.3 is 0 Å². The lowest BCUT2D eigenvalue weighted by atomic mass is 10.0. The van der Waals surface area contributed by atoms with Crippen molar-refractivity contribution in [2.24, 2.45) is 5.73 Å². The molecular formula is C16H22N3O+. The van der Waals surface area contributed by atoms with Crippen LogP contribution in [0.4, 0.5) is 5.69 Å². The predicted molar refractivity (Wildman–Crippen MR) is 80.6 cm³/mol. The molecule has 0 bridgehead atoms. The molecule has 20 heavy (non-hydrogen) atoms. The van der Waals surface area contributed by atoms with Crippen LogP contribution in [0.3, 0.4) is 0 Å². The van der Waals surface area contributed by atoms with Crippen LogP contribution in [0.1, 0.15) is 38.2 Å². The summed E-state index contributed by atoms with van der Waals surface area (Å²) in [6, 6.07) is 10.1. The Morgan fingerprint density at radius 2 is 2.10 bits per heavy atom. The number of hydrogen-bond donors (Lipinski definition) is 2. The quantitative estimate of drug-likeness (QED) is 0.617. The van der Waals surface area contributed by atoms with Gasteiger partial charge in [0.1, 0.15) is 12.7 Å². The van der Waals surface area contributed by atoms with Gasteiger partial charge in [0, 0.05) is 36.1 Å². The molecule has 0 fully saturated rings. The van der Waals surface area contributed by atoms with E-state index < -0.39 is 0 Å². The Morgan fingerprint density at radius 1 is 1.35 bits per heavy atom. The number of fused-ring (bicyclic) bond motifs is 1. The summed E-state index contributed by atoms with van der Waals surface area (Å²) in [7, 11) is 0. The zero-order valence-electron chi connectivity index (χ0n) is 11.9. The zero-order chi connectivity index (χ0) is 14.6. The number of benzene rings is 1. The minimum absolute atomic E-state index is 0.0689. The average molecular weight is 272 g/mol. The van der Waals surface area contributed by atoms with E-state index in [0.717, 1.165) is 36.1 Å². The van der Waals surface area contributed by atoms with E-state index in [4.69, 9.17) is 11.0 Å². The molecule has 4 nitrogen and oxygen atoms in total. The number of nitrogens with two attached hydrogens (primary N) is 1. The third-order valence-corrected chi connectivity index (χ3v) is 3.62. The van der Waals surface area contributed by atoms with Gasteiger partial charge in [0.05, 0.1) is 6.07 Å². The Morgan fingerprint density at radius 3 is 2.80 bits per heavy atom. The number of rotatable bonds is 6. The van der Waals surface area contributed by atoms with E-state index in [2.05, 4.69) is 6.07 Å². The second-order valence-corrected chi connectivity index (χ2v) is 5.52. The third-order valence-electron chi connectivity index (χ3n) is 3.62. The molecule has 2 rings (SSSR count). The van der Waals surface area contributed by atoms with E-state index in [9.17, 15) is 5.21 Å². The van der Waals surface area contributed by atoms with Crippen molar-refractivity contribution >= 4 is 11.3 Å². The number of quaternary nitrogens is 1. The summed E-state index contributed by atoms with van der Waals surface area (Å²) in [5, 5.41) is 19.4. The lowest BCUT2D eigenvalue weighted by Crippen LogP contribution is -2.39. The van der Waals surface area contributed by atoms with Crippen LogP contribution in [0.15, 0.2) is 30.5 Å². The number of nitriles is 1. The lowest BCUT2D eigenvalue weighted by molar-refractivity contribution is -0.0296. The summed E-state index contributed by atoms with van der Waals surface area (Å²) in [6.07, 6.45) is 4.84. The van der Waals surface area contributed by atoms with Crippen molar-refractivity contribution in [3.05, 3.63) is 36.0 Å². The van der Waals surface area contributed by atoms with Crippen LogP contribution >= 0.6 is 0 Å². The van der Waals surface area contributed by atoms with Crippen molar-refractivity contribution in [2.75, 3.05) is 6.54 Å². The van der Waals surface area contributed by atoms with Gasteiger partial charge in [-0.1, -0.05) is 12.1 Å². The second kappa shape index (κ2) is 6.19. The molecule has 0 saturated heterocycles. The fourth-order valence-corrected chi connectivity index (χ4v) is 2.73. The molecule has 0 spiro atoms. The van der Waals surface area contributed by atoms with Crippen molar-refractivity contribution in [3.63, 3.8) is 0 Å². The summed E-state index contributed by atoms with van der Waals surface area (Å²) in [4.78, 5) is 0. The largest absolute Gasteiger partial charge is 0.328 e. The molecule has 0 aromatic heterocycles. The monoisotopic (exact) mass is 272 g/mol. The van der Waals surface area contributed by atoms with E-state index in [0.29, 0.717) is 13.0 Å². The van der Waals surface area contributed by atoms with Crippen LogP contribution in [-0.4, -0.2) is 17.8 Å². The maximum absolute atomic E-state index is 10.9. The summed E-state index contributed by atoms with van der Waals surface area (Å²) >= 11 is 0. The molecule has 0 radical (unpaired) electrons. The van der Waals surface area contributed by atoms with Crippen molar-refractivity contribution in [1.82, 2.24) is 4.65 Å². The van der Waals surface area contributed by atoms with Crippen molar-refractivity contribution in [3.8, 4) is 6.07 Å². The molecule has 106 valence electrons. The Bertz CT molecular complexity index is 545. The number of unbranched alkanes of at least 4 members (excludes halogenated alkanes) is 2. The highest BCUT2D eigenvalue weighted by Gasteiger charge is 2.37. The first-order valence-corrected chi connectivity index (χ1v) is 7.11. The summed E-state index contributed by atoms with van der Waals surface area (Å²) in [5.41, 5.74) is 9.01. The van der Waals surface area contributed by atoms with Gasteiger partial charge in [-0.15, -0.1) is 4.65 Å². The summed E-state index contributed by atoms with van der Waals surface area (Å²) in [6.45, 7) is 2.57. The molecule has 1 aliphatic rings. The number of nitrogens with zero attached hydrogens (tertiary/aromatic N) is 2. The van der Waals surface area contributed by atoms with Crippen LogP contribution in [0.5, 0.6) is 0 Å². The molecule has 3 N–H and O–H groups in total. The van der Waals surface area contributed by atoms with E-state index in [-0.39, 0.29) is 10.7 Å². The standard InChI is InChI=1S/C16H22N3O/c1-13(18)11-14-12-19(20,10-6-2-5-9-17)16-8-4-3-7-15(14)16/h3-4,7-8,12-13,20H,2,5-6,10-11,18H2,1H3/q+1/t13-,19?/m1/s1. The van der Waals surface area contributed by atoms with E-state index >= 15 is 0 Å². The van der Waals surface area contributed by atoms with Gasteiger partial charge in [-0.2, -0.15) is 5.26 Å². The molecule has 1 aliphatic heterocycles. The van der Waals surface area contributed by atoms with Gasteiger partial charge in [0.2, 0.25) is 0 Å². The van der Waals surface area contributed by atoms with Gasteiger partial charge < -0.3 is 5.73 Å². The van der Waals surface area contributed by atoms with Gasteiger partial charge in [0.25, 0.3) is 0 Å². The SMILES string of the molecule is C[C@@H](N)CC1=C[N+](O)(CCCCC#N)c2ccccc21.